The first-order valence-electron chi connectivity index (χ1n) is 7.06. The van der Waals surface area contributed by atoms with Gasteiger partial charge in [0.25, 0.3) is 11.8 Å². The molecule has 0 fully saturated rings. The molecular weight excluding hydrogens is 412 g/mol. The van der Waals surface area contributed by atoms with Gasteiger partial charge in [0.2, 0.25) is 0 Å². The Bertz CT molecular complexity index is 951. The molecule has 0 aliphatic rings. The van der Waals surface area contributed by atoms with Crippen molar-refractivity contribution < 1.29 is 9.59 Å². The van der Waals surface area contributed by atoms with Crippen LogP contribution in [0.1, 0.15) is 20.8 Å². The molecule has 0 atom stereocenters. The molecular formula is C15H12BrClN6O2. The largest absolute Gasteiger partial charge is 0.306 e. The first kappa shape index (κ1) is 17.2. The van der Waals surface area contributed by atoms with Crippen molar-refractivity contribution in [3.63, 3.8) is 0 Å². The molecule has 0 bridgehead atoms. The molecule has 2 heterocycles. The van der Waals surface area contributed by atoms with Crippen molar-refractivity contribution in [2.75, 3.05) is 10.6 Å². The number of aryl methyl sites for hydroxylation is 1. The molecule has 0 saturated heterocycles. The first-order chi connectivity index (χ1) is 12.0. The van der Waals surface area contributed by atoms with Gasteiger partial charge < -0.3 is 10.6 Å². The van der Waals surface area contributed by atoms with Gasteiger partial charge in [-0.2, -0.15) is 10.2 Å². The summed E-state index contributed by atoms with van der Waals surface area (Å²) in [7, 11) is 1.74. The number of H-pyrrole nitrogens is 1. The zero-order valence-electron chi connectivity index (χ0n) is 12.9. The summed E-state index contributed by atoms with van der Waals surface area (Å²) < 4.78 is 1.88. The Hall–Kier alpha value is -2.65. The molecule has 0 spiro atoms. The Morgan fingerprint density at radius 3 is 2.64 bits per heavy atom. The normalized spacial score (nSPS) is 10.5. The second kappa shape index (κ2) is 7.08. The second-order valence-corrected chi connectivity index (χ2v) is 6.22. The van der Waals surface area contributed by atoms with Crippen LogP contribution < -0.4 is 10.6 Å². The first-order valence-corrected chi connectivity index (χ1v) is 8.23. The van der Waals surface area contributed by atoms with Gasteiger partial charge in [0.15, 0.2) is 11.5 Å². The molecule has 1 aromatic carbocycles. The van der Waals surface area contributed by atoms with Crippen LogP contribution in [0.15, 0.2) is 41.0 Å². The van der Waals surface area contributed by atoms with Crippen LogP contribution in [0.3, 0.4) is 0 Å². The Labute approximate surface area is 155 Å². The summed E-state index contributed by atoms with van der Waals surface area (Å²) in [6, 6.07) is 8.29. The molecule has 2 amide bonds. The minimum absolute atomic E-state index is 0.0834. The molecule has 0 aliphatic heterocycles. The van der Waals surface area contributed by atoms with Crippen LogP contribution in [0.2, 0.25) is 5.02 Å². The number of anilines is 2. The van der Waals surface area contributed by atoms with E-state index >= 15 is 0 Å². The van der Waals surface area contributed by atoms with E-state index in [2.05, 4.69) is 41.9 Å². The van der Waals surface area contributed by atoms with E-state index in [1.54, 1.807) is 48.3 Å². The molecule has 10 heteroatoms. The summed E-state index contributed by atoms with van der Waals surface area (Å²) in [6.07, 6.45) is 1.70. The van der Waals surface area contributed by atoms with Crippen molar-refractivity contribution >= 4 is 51.0 Å². The van der Waals surface area contributed by atoms with E-state index in [0.29, 0.717) is 20.9 Å². The number of hydrogen-bond acceptors (Lipinski definition) is 4. The van der Waals surface area contributed by atoms with Gasteiger partial charge in [-0.05, 0) is 28.1 Å². The number of nitrogens with zero attached hydrogens (tertiary/aromatic N) is 3. The third kappa shape index (κ3) is 3.72. The van der Waals surface area contributed by atoms with Crippen LogP contribution in [0.5, 0.6) is 0 Å². The summed E-state index contributed by atoms with van der Waals surface area (Å²) in [6.45, 7) is 0. The Morgan fingerprint density at radius 1 is 1.20 bits per heavy atom. The zero-order valence-corrected chi connectivity index (χ0v) is 15.2. The van der Waals surface area contributed by atoms with Gasteiger partial charge in [-0.25, -0.2) is 0 Å². The van der Waals surface area contributed by atoms with Crippen molar-refractivity contribution in [2.24, 2.45) is 7.05 Å². The van der Waals surface area contributed by atoms with E-state index in [1.807, 2.05) is 0 Å². The quantitative estimate of drug-likeness (QED) is 0.600. The summed E-state index contributed by atoms with van der Waals surface area (Å²) in [4.78, 5) is 24.5. The molecule has 2 aromatic heterocycles. The third-order valence-corrected chi connectivity index (χ3v) is 4.34. The second-order valence-electron chi connectivity index (χ2n) is 5.02. The van der Waals surface area contributed by atoms with E-state index < -0.39 is 11.8 Å². The Morgan fingerprint density at radius 2 is 1.96 bits per heavy atom. The summed E-state index contributed by atoms with van der Waals surface area (Å²) in [5.41, 5.74) is 0.394. The molecule has 8 nitrogen and oxygen atoms in total. The van der Waals surface area contributed by atoms with Crippen molar-refractivity contribution in [3.05, 3.63) is 57.3 Å². The average molecular weight is 424 g/mol. The molecule has 0 radical (unpaired) electrons. The maximum absolute atomic E-state index is 12.3. The highest BCUT2D eigenvalue weighted by Crippen LogP contribution is 2.25. The number of aromatic amines is 1. The highest BCUT2D eigenvalue weighted by atomic mass is 79.9. The Kier molecular flexibility index (Phi) is 4.86. The Balaban J connectivity index is 1.76. The number of nitrogens with one attached hydrogen (secondary N) is 3. The number of hydrogen-bond donors (Lipinski definition) is 3. The highest BCUT2D eigenvalue weighted by Gasteiger charge is 2.20. The van der Waals surface area contributed by atoms with Gasteiger partial charge >= 0.3 is 0 Å². The van der Waals surface area contributed by atoms with Crippen LogP contribution in [-0.2, 0) is 7.05 Å². The van der Waals surface area contributed by atoms with Gasteiger partial charge in [-0.1, -0.05) is 23.7 Å². The van der Waals surface area contributed by atoms with E-state index in [1.165, 1.54) is 0 Å². The molecule has 0 unspecified atom stereocenters. The van der Waals surface area contributed by atoms with E-state index in [0.717, 1.165) is 0 Å². The van der Waals surface area contributed by atoms with E-state index in [4.69, 9.17) is 11.6 Å². The lowest BCUT2D eigenvalue weighted by molar-refractivity contribution is 0.101. The summed E-state index contributed by atoms with van der Waals surface area (Å²) in [5, 5.41) is 16.1. The van der Waals surface area contributed by atoms with Crippen molar-refractivity contribution in [2.45, 2.75) is 0 Å². The molecule has 3 N–H and O–H groups in total. The fraction of sp³-hybridized carbons (Fsp3) is 0.0667. The molecule has 25 heavy (non-hydrogen) atoms. The van der Waals surface area contributed by atoms with E-state index in [-0.39, 0.29) is 11.5 Å². The minimum atomic E-state index is -0.472. The maximum atomic E-state index is 12.3. The number of carbonyl (C=O) groups is 2. The average Bonchev–Trinajstić information content (AvgIpc) is 3.14. The predicted octanol–water partition coefficient (Wildman–Crippen LogP) is 3.06. The SMILES string of the molecule is Cn1ccc(NC(=O)c2n[nH]c(NC(=O)c3ccccc3Cl)c2Br)n1. The molecule has 3 aromatic rings. The monoisotopic (exact) mass is 422 g/mol. The van der Waals surface area contributed by atoms with Crippen LogP contribution >= 0.6 is 27.5 Å². The molecule has 0 aliphatic carbocycles. The maximum Gasteiger partial charge on any atom is 0.278 e. The smallest absolute Gasteiger partial charge is 0.278 e. The minimum Gasteiger partial charge on any atom is -0.306 e. The lowest BCUT2D eigenvalue weighted by Crippen LogP contribution is -2.14. The lowest BCUT2D eigenvalue weighted by atomic mass is 10.2. The fourth-order valence-electron chi connectivity index (χ4n) is 2.05. The van der Waals surface area contributed by atoms with Gasteiger partial charge in [-0.15, -0.1) is 0 Å². The zero-order chi connectivity index (χ0) is 18.0. The van der Waals surface area contributed by atoms with Crippen molar-refractivity contribution in [1.29, 1.82) is 0 Å². The topological polar surface area (TPSA) is 105 Å². The number of aromatic nitrogens is 4. The summed E-state index contributed by atoms with van der Waals surface area (Å²) in [5.74, 6) is -0.258. The number of halogens is 2. The van der Waals surface area contributed by atoms with Crippen molar-refractivity contribution in [1.82, 2.24) is 20.0 Å². The van der Waals surface area contributed by atoms with Gasteiger partial charge in [0.05, 0.1) is 15.1 Å². The van der Waals surface area contributed by atoms with Gasteiger partial charge in [0.1, 0.15) is 5.82 Å². The van der Waals surface area contributed by atoms with Crippen LogP contribution in [0, 0.1) is 0 Å². The number of amides is 2. The van der Waals surface area contributed by atoms with Crippen LogP contribution in [-0.4, -0.2) is 31.8 Å². The number of rotatable bonds is 4. The molecule has 0 saturated carbocycles. The standard InChI is InChI=1S/C15H12BrClN6O2/c1-23-7-6-10(22-23)18-15(25)12-11(16)13(21-20-12)19-14(24)8-4-2-3-5-9(8)17/h2-7H,1H3,(H,18,22,25)(H2,19,20,21,24). The van der Waals surface area contributed by atoms with Crippen molar-refractivity contribution in [3.8, 4) is 0 Å². The van der Waals surface area contributed by atoms with E-state index in [9.17, 15) is 9.59 Å². The van der Waals surface area contributed by atoms with Crippen LogP contribution in [0.4, 0.5) is 11.6 Å². The predicted molar refractivity (Wildman–Crippen MR) is 96.9 cm³/mol. The number of benzene rings is 1. The van der Waals surface area contributed by atoms with Crippen LogP contribution in [0.25, 0.3) is 0 Å². The highest BCUT2D eigenvalue weighted by molar-refractivity contribution is 9.10. The van der Waals surface area contributed by atoms with Gasteiger partial charge in [-0.3, -0.25) is 19.4 Å². The third-order valence-electron chi connectivity index (χ3n) is 3.23. The fourth-order valence-corrected chi connectivity index (χ4v) is 2.72. The summed E-state index contributed by atoms with van der Waals surface area (Å²) >= 11 is 9.26. The molecule has 3 rings (SSSR count). The molecule has 128 valence electrons. The lowest BCUT2D eigenvalue weighted by Gasteiger charge is -2.05. The van der Waals surface area contributed by atoms with Gasteiger partial charge in [0, 0.05) is 19.3 Å². The number of carbonyl (C=O) groups excluding carboxylic acids is 2.